The molecule has 102 valence electrons. The van der Waals surface area contributed by atoms with Crippen LogP contribution in [-0.2, 0) is 0 Å². The second-order valence-electron chi connectivity index (χ2n) is 4.53. The van der Waals surface area contributed by atoms with E-state index in [4.69, 9.17) is 15.7 Å². The molecule has 0 saturated carbocycles. The Morgan fingerprint density at radius 3 is 2.45 bits per heavy atom. The summed E-state index contributed by atoms with van der Waals surface area (Å²) >= 11 is 0. The SMILES string of the molecule is CC(N)C(Oc1cccc(F)c1C#N)c1ccccc1. The van der Waals surface area contributed by atoms with Crippen LogP contribution < -0.4 is 10.5 Å². The van der Waals surface area contributed by atoms with E-state index in [0.29, 0.717) is 0 Å². The summed E-state index contributed by atoms with van der Waals surface area (Å²) < 4.78 is 19.3. The van der Waals surface area contributed by atoms with Crippen molar-refractivity contribution in [3.8, 4) is 11.8 Å². The van der Waals surface area contributed by atoms with E-state index in [1.54, 1.807) is 6.07 Å². The number of ether oxygens (including phenoxy) is 1. The first-order chi connectivity index (χ1) is 9.63. The maximum absolute atomic E-state index is 13.6. The molecular formula is C16H15FN2O. The van der Waals surface area contributed by atoms with Gasteiger partial charge < -0.3 is 10.5 Å². The molecule has 0 heterocycles. The van der Waals surface area contributed by atoms with Gasteiger partial charge in [0, 0.05) is 6.04 Å². The van der Waals surface area contributed by atoms with E-state index in [9.17, 15) is 4.39 Å². The van der Waals surface area contributed by atoms with Gasteiger partial charge in [0.2, 0.25) is 0 Å². The van der Waals surface area contributed by atoms with E-state index in [-0.39, 0.29) is 17.4 Å². The molecule has 20 heavy (non-hydrogen) atoms. The third kappa shape index (κ3) is 2.95. The third-order valence-corrected chi connectivity index (χ3v) is 2.95. The largest absolute Gasteiger partial charge is 0.483 e. The Labute approximate surface area is 117 Å². The highest BCUT2D eigenvalue weighted by molar-refractivity contribution is 5.44. The van der Waals surface area contributed by atoms with Crippen molar-refractivity contribution in [2.24, 2.45) is 5.73 Å². The summed E-state index contributed by atoms with van der Waals surface area (Å²) in [5.41, 5.74) is 6.73. The van der Waals surface area contributed by atoms with Crippen LogP contribution in [0, 0.1) is 17.1 Å². The number of hydrogen-bond acceptors (Lipinski definition) is 3. The molecule has 0 fully saturated rings. The van der Waals surface area contributed by atoms with Gasteiger partial charge in [0.05, 0.1) is 0 Å². The van der Waals surface area contributed by atoms with Gasteiger partial charge in [0.15, 0.2) is 0 Å². The van der Waals surface area contributed by atoms with Crippen LogP contribution in [0.5, 0.6) is 5.75 Å². The van der Waals surface area contributed by atoms with Gasteiger partial charge in [-0.25, -0.2) is 4.39 Å². The predicted molar refractivity (Wildman–Crippen MR) is 74.6 cm³/mol. The monoisotopic (exact) mass is 270 g/mol. The second-order valence-corrected chi connectivity index (χ2v) is 4.53. The average Bonchev–Trinajstić information content (AvgIpc) is 2.45. The van der Waals surface area contributed by atoms with Crippen molar-refractivity contribution in [1.82, 2.24) is 0 Å². The number of hydrogen-bond donors (Lipinski definition) is 1. The maximum Gasteiger partial charge on any atom is 0.144 e. The van der Waals surface area contributed by atoms with Crippen molar-refractivity contribution in [2.75, 3.05) is 0 Å². The van der Waals surface area contributed by atoms with Crippen LogP contribution in [-0.4, -0.2) is 6.04 Å². The van der Waals surface area contributed by atoms with Gasteiger partial charge in [-0.1, -0.05) is 36.4 Å². The molecule has 0 saturated heterocycles. The van der Waals surface area contributed by atoms with Crippen LogP contribution in [0.15, 0.2) is 48.5 Å². The smallest absolute Gasteiger partial charge is 0.144 e. The van der Waals surface area contributed by atoms with Crippen molar-refractivity contribution in [3.63, 3.8) is 0 Å². The zero-order valence-corrected chi connectivity index (χ0v) is 11.1. The third-order valence-electron chi connectivity index (χ3n) is 2.95. The lowest BCUT2D eigenvalue weighted by Crippen LogP contribution is -2.29. The van der Waals surface area contributed by atoms with E-state index in [0.717, 1.165) is 5.56 Å². The topological polar surface area (TPSA) is 59.0 Å². The maximum atomic E-state index is 13.6. The highest BCUT2D eigenvalue weighted by atomic mass is 19.1. The summed E-state index contributed by atoms with van der Waals surface area (Å²) in [6.07, 6.45) is -0.440. The van der Waals surface area contributed by atoms with Gasteiger partial charge in [-0.15, -0.1) is 0 Å². The Bertz CT molecular complexity index is 620. The molecule has 0 aliphatic heterocycles. The normalized spacial score (nSPS) is 13.3. The van der Waals surface area contributed by atoms with E-state index in [2.05, 4.69) is 0 Å². The molecule has 4 heteroatoms. The highest BCUT2D eigenvalue weighted by Gasteiger charge is 2.20. The molecule has 2 N–H and O–H groups in total. The fraction of sp³-hybridized carbons (Fsp3) is 0.188. The summed E-state index contributed by atoms with van der Waals surface area (Å²) in [6.45, 7) is 1.81. The molecule has 2 unspecified atom stereocenters. The molecule has 0 aromatic heterocycles. The summed E-state index contributed by atoms with van der Waals surface area (Å²) in [4.78, 5) is 0. The van der Waals surface area contributed by atoms with Crippen LogP contribution in [0.4, 0.5) is 4.39 Å². The Hall–Kier alpha value is -2.38. The molecule has 2 rings (SSSR count). The number of halogens is 1. The van der Waals surface area contributed by atoms with E-state index >= 15 is 0 Å². The first-order valence-electron chi connectivity index (χ1n) is 6.29. The molecule has 0 aliphatic rings. The van der Waals surface area contributed by atoms with Crippen molar-refractivity contribution >= 4 is 0 Å². The fourth-order valence-corrected chi connectivity index (χ4v) is 1.97. The first-order valence-corrected chi connectivity index (χ1v) is 6.29. The lowest BCUT2D eigenvalue weighted by Gasteiger charge is -2.23. The van der Waals surface area contributed by atoms with Crippen molar-refractivity contribution in [2.45, 2.75) is 19.1 Å². The zero-order chi connectivity index (χ0) is 14.5. The molecule has 0 radical (unpaired) electrons. The number of nitriles is 1. The van der Waals surface area contributed by atoms with Crippen LogP contribution >= 0.6 is 0 Å². The summed E-state index contributed by atoms with van der Waals surface area (Å²) in [5.74, 6) is -0.389. The van der Waals surface area contributed by atoms with Gasteiger partial charge in [-0.2, -0.15) is 5.26 Å². The van der Waals surface area contributed by atoms with Crippen LogP contribution in [0.3, 0.4) is 0 Å². The lowest BCUT2D eigenvalue weighted by atomic mass is 10.0. The predicted octanol–water partition coefficient (Wildman–Crippen LogP) is 3.16. The first kappa shape index (κ1) is 14.0. The highest BCUT2D eigenvalue weighted by Crippen LogP contribution is 2.28. The van der Waals surface area contributed by atoms with Gasteiger partial charge in [0.25, 0.3) is 0 Å². The number of benzene rings is 2. The van der Waals surface area contributed by atoms with Gasteiger partial charge >= 0.3 is 0 Å². The molecule has 2 aromatic carbocycles. The van der Waals surface area contributed by atoms with Crippen molar-refractivity contribution in [3.05, 3.63) is 65.5 Å². The molecule has 3 nitrogen and oxygen atoms in total. The van der Waals surface area contributed by atoms with Crippen molar-refractivity contribution in [1.29, 1.82) is 5.26 Å². The minimum absolute atomic E-state index is 0.103. The molecule has 0 amide bonds. The van der Waals surface area contributed by atoms with Crippen LogP contribution in [0.25, 0.3) is 0 Å². The Morgan fingerprint density at radius 2 is 1.85 bits per heavy atom. The summed E-state index contributed by atoms with van der Waals surface area (Å²) in [5, 5.41) is 9.02. The van der Waals surface area contributed by atoms with Gasteiger partial charge in [-0.05, 0) is 24.6 Å². The molecule has 2 aromatic rings. The number of rotatable bonds is 4. The Morgan fingerprint density at radius 1 is 1.15 bits per heavy atom. The molecular weight excluding hydrogens is 255 g/mol. The Kier molecular flexibility index (Phi) is 4.34. The summed E-state index contributed by atoms with van der Waals surface area (Å²) in [6, 6.07) is 15.3. The zero-order valence-electron chi connectivity index (χ0n) is 11.1. The molecule has 2 atom stereocenters. The van der Waals surface area contributed by atoms with E-state index in [1.165, 1.54) is 12.1 Å². The average molecular weight is 270 g/mol. The standard InChI is InChI=1S/C16H15FN2O/c1-11(19)16(12-6-3-2-4-7-12)20-15-9-5-8-14(17)13(15)10-18/h2-9,11,16H,19H2,1H3. The van der Waals surface area contributed by atoms with Gasteiger partial charge in [0.1, 0.15) is 29.3 Å². The van der Waals surface area contributed by atoms with Crippen molar-refractivity contribution < 1.29 is 9.13 Å². The fourth-order valence-electron chi connectivity index (χ4n) is 1.97. The minimum atomic E-state index is -0.596. The quantitative estimate of drug-likeness (QED) is 0.928. The number of nitrogens with two attached hydrogens (primary N) is 1. The van der Waals surface area contributed by atoms with Gasteiger partial charge in [-0.3, -0.25) is 0 Å². The molecule has 0 aliphatic carbocycles. The number of nitrogens with zero attached hydrogens (tertiary/aromatic N) is 1. The van der Waals surface area contributed by atoms with Crippen LogP contribution in [0.1, 0.15) is 24.2 Å². The second kappa shape index (κ2) is 6.18. The molecule has 0 bridgehead atoms. The minimum Gasteiger partial charge on any atom is -0.483 e. The lowest BCUT2D eigenvalue weighted by molar-refractivity contribution is 0.179. The van der Waals surface area contributed by atoms with E-state index in [1.807, 2.05) is 43.3 Å². The summed E-state index contributed by atoms with van der Waals surface area (Å²) in [7, 11) is 0. The Balaban J connectivity index is 2.36. The molecule has 0 spiro atoms. The van der Waals surface area contributed by atoms with E-state index < -0.39 is 11.9 Å². The van der Waals surface area contributed by atoms with Crippen LogP contribution in [0.2, 0.25) is 0 Å².